The first-order valence-corrected chi connectivity index (χ1v) is 8.09. The molecule has 0 atom stereocenters. The average Bonchev–Trinajstić information content (AvgIpc) is 2.60. The van der Waals surface area contributed by atoms with Crippen LogP contribution in [0.4, 0.5) is 5.82 Å². The van der Waals surface area contributed by atoms with Gasteiger partial charge in [0.1, 0.15) is 23.1 Å². The van der Waals surface area contributed by atoms with Crippen LogP contribution in [-0.4, -0.2) is 36.1 Å². The van der Waals surface area contributed by atoms with Crippen LogP contribution in [0.25, 0.3) is 0 Å². The number of hydrogen-bond acceptors (Lipinski definition) is 5. The third kappa shape index (κ3) is 4.44. The zero-order valence-electron chi connectivity index (χ0n) is 14.7. The summed E-state index contributed by atoms with van der Waals surface area (Å²) in [4.78, 5) is 23.2. The van der Waals surface area contributed by atoms with Crippen molar-refractivity contribution in [2.45, 2.75) is 27.3 Å². The summed E-state index contributed by atoms with van der Waals surface area (Å²) >= 11 is 0. The van der Waals surface area contributed by atoms with E-state index < -0.39 is 0 Å². The molecule has 0 saturated heterocycles. The second-order valence-corrected chi connectivity index (χ2v) is 5.36. The summed E-state index contributed by atoms with van der Waals surface area (Å²) in [5.74, 6) is 1.96. The van der Waals surface area contributed by atoms with Gasteiger partial charge in [0.25, 0.3) is 5.91 Å². The Labute approximate surface area is 142 Å². The number of nitrogens with zero attached hydrogens (tertiary/aromatic N) is 3. The zero-order chi connectivity index (χ0) is 17.5. The number of aryl methyl sites for hydroxylation is 1. The zero-order valence-corrected chi connectivity index (χ0v) is 14.7. The van der Waals surface area contributed by atoms with Crippen molar-refractivity contribution in [2.24, 2.45) is 0 Å². The molecule has 0 radical (unpaired) electrons. The Hall–Kier alpha value is -2.63. The molecule has 0 aliphatic carbocycles. The number of nitrogens with one attached hydrogen (secondary N) is 1. The number of rotatable bonds is 7. The molecule has 6 heteroatoms. The maximum absolute atomic E-state index is 12.4. The van der Waals surface area contributed by atoms with Gasteiger partial charge in [0.2, 0.25) is 0 Å². The Kier molecular flexibility index (Phi) is 6.12. The Balaban J connectivity index is 2.08. The van der Waals surface area contributed by atoms with E-state index in [0.29, 0.717) is 18.1 Å². The number of anilines is 1. The standard InChI is InChI=1S/C18H24N4O2/c1-5-22(6-2)17-11-16(20-13(3)21-17)18(23)19-12-14-7-9-15(24-4)10-8-14/h7-11H,5-6,12H2,1-4H3,(H,19,23). The fourth-order valence-corrected chi connectivity index (χ4v) is 2.39. The number of carbonyl (C=O) groups is 1. The lowest BCUT2D eigenvalue weighted by atomic mass is 10.2. The normalized spacial score (nSPS) is 10.3. The van der Waals surface area contributed by atoms with Crippen molar-refractivity contribution < 1.29 is 9.53 Å². The lowest BCUT2D eigenvalue weighted by molar-refractivity contribution is 0.0945. The summed E-state index contributed by atoms with van der Waals surface area (Å²) in [7, 11) is 1.63. The summed E-state index contributed by atoms with van der Waals surface area (Å²) < 4.78 is 5.13. The molecule has 0 saturated carbocycles. The molecule has 128 valence electrons. The second-order valence-electron chi connectivity index (χ2n) is 5.36. The molecule has 0 aliphatic heterocycles. The summed E-state index contributed by atoms with van der Waals surface area (Å²) in [5, 5.41) is 2.89. The van der Waals surface area contributed by atoms with E-state index in [-0.39, 0.29) is 5.91 Å². The quantitative estimate of drug-likeness (QED) is 0.846. The van der Waals surface area contributed by atoms with Crippen LogP contribution in [0.3, 0.4) is 0 Å². The van der Waals surface area contributed by atoms with Gasteiger partial charge in [-0.1, -0.05) is 12.1 Å². The topological polar surface area (TPSA) is 67.4 Å². The SMILES string of the molecule is CCN(CC)c1cc(C(=O)NCc2ccc(OC)cc2)nc(C)n1. The average molecular weight is 328 g/mol. The maximum atomic E-state index is 12.4. The van der Waals surface area contributed by atoms with E-state index in [9.17, 15) is 4.79 Å². The summed E-state index contributed by atoms with van der Waals surface area (Å²) in [5.41, 5.74) is 1.39. The Morgan fingerprint density at radius 3 is 2.42 bits per heavy atom. The minimum atomic E-state index is -0.204. The van der Waals surface area contributed by atoms with Gasteiger partial charge in [-0.2, -0.15) is 0 Å². The summed E-state index contributed by atoms with van der Waals surface area (Å²) in [6.45, 7) is 8.02. The van der Waals surface area contributed by atoms with Gasteiger partial charge in [-0.05, 0) is 38.5 Å². The van der Waals surface area contributed by atoms with Crippen molar-refractivity contribution in [3.05, 3.63) is 47.4 Å². The van der Waals surface area contributed by atoms with Crippen molar-refractivity contribution in [3.8, 4) is 5.75 Å². The van der Waals surface area contributed by atoms with Crippen LogP contribution >= 0.6 is 0 Å². The highest BCUT2D eigenvalue weighted by atomic mass is 16.5. The van der Waals surface area contributed by atoms with Crippen molar-refractivity contribution in [1.82, 2.24) is 15.3 Å². The van der Waals surface area contributed by atoms with Crippen molar-refractivity contribution in [2.75, 3.05) is 25.1 Å². The van der Waals surface area contributed by atoms with E-state index in [0.717, 1.165) is 30.2 Å². The largest absolute Gasteiger partial charge is 0.497 e. The maximum Gasteiger partial charge on any atom is 0.270 e. The first-order valence-electron chi connectivity index (χ1n) is 8.09. The van der Waals surface area contributed by atoms with Crippen LogP contribution in [0.2, 0.25) is 0 Å². The van der Waals surface area contributed by atoms with Crippen LogP contribution in [0.5, 0.6) is 5.75 Å². The van der Waals surface area contributed by atoms with Gasteiger partial charge in [0.15, 0.2) is 0 Å². The van der Waals surface area contributed by atoms with Gasteiger partial charge >= 0.3 is 0 Å². The predicted octanol–water partition coefficient (Wildman–Crippen LogP) is 2.57. The summed E-state index contributed by atoms with van der Waals surface area (Å²) in [6.07, 6.45) is 0. The molecule has 1 heterocycles. The fourth-order valence-electron chi connectivity index (χ4n) is 2.39. The smallest absolute Gasteiger partial charge is 0.270 e. The minimum Gasteiger partial charge on any atom is -0.497 e. The molecule has 0 unspecified atom stereocenters. The van der Waals surface area contributed by atoms with Gasteiger partial charge in [0.05, 0.1) is 7.11 Å². The number of aromatic nitrogens is 2. The molecule has 2 aromatic rings. The number of carbonyl (C=O) groups excluding carboxylic acids is 1. The third-order valence-electron chi connectivity index (χ3n) is 3.76. The van der Waals surface area contributed by atoms with E-state index in [1.54, 1.807) is 20.1 Å². The lowest BCUT2D eigenvalue weighted by Gasteiger charge is -2.20. The van der Waals surface area contributed by atoms with Crippen LogP contribution in [-0.2, 0) is 6.54 Å². The highest BCUT2D eigenvalue weighted by molar-refractivity contribution is 5.92. The van der Waals surface area contributed by atoms with Crippen LogP contribution in [0.1, 0.15) is 35.7 Å². The molecule has 0 aliphatic rings. The molecule has 24 heavy (non-hydrogen) atoms. The number of hydrogen-bond donors (Lipinski definition) is 1. The first kappa shape index (κ1) is 17.7. The Morgan fingerprint density at radius 1 is 1.17 bits per heavy atom. The molecule has 1 amide bonds. The molecular formula is C18H24N4O2. The van der Waals surface area contributed by atoms with E-state index in [1.807, 2.05) is 24.3 Å². The number of benzene rings is 1. The van der Waals surface area contributed by atoms with Crippen LogP contribution in [0, 0.1) is 6.92 Å². The fraction of sp³-hybridized carbons (Fsp3) is 0.389. The minimum absolute atomic E-state index is 0.204. The van der Waals surface area contributed by atoms with E-state index in [1.165, 1.54) is 0 Å². The predicted molar refractivity (Wildman–Crippen MR) is 94.5 cm³/mol. The Bertz CT molecular complexity index is 682. The number of methoxy groups -OCH3 is 1. The van der Waals surface area contributed by atoms with Crippen molar-refractivity contribution in [1.29, 1.82) is 0 Å². The second kappa shape index (κ2) is 8.29. The van der Waals surface area contributed by atoms with E-state index in [4.69, 9.17) is 4.74 Å². The van der Waals surface area contributed by atoms with Crippen LogP contribution in [0.15, 0.2) is 30.3 Å². The van der Waals surface area contributed by atoms with Crippen molar-refractivity contribution in [3.63, 3.8) is 0 Å². The lowest BCUT2D eigenvalue weighted by Crippen LogP contribution is -2.27. The Morgan fingerprint density at radius 2 is 1.83 bits per heavy atom. The first-order chi connectivity index (χ1) is 11.6. The van der Waals surface area contributed by atoms with Crippen molar-refractivity contribution >= 4 is 11.7 Å². The molecule has 2 rings (SSSR count). The molecule has 0 bridgehead atoms. The molecule has 0 spiro atoms. The van der Waals surface area contributed by atoms with Gasteiger partial charge in [-0.15, -0.1) is 0 Å². The van der Waals surface area contributed by atoms with E-state index in [2.05, 4.69) is 34.0 Å². The highest BCUT2D eigenvalue weighted by Gasteiger charge is 2.13. The molecular weight excluding hydrogens is 304 g/mol. The van der Waals surface area contributed by atoms with Gasteiger partial charge < -0.3 is 15.0 Å². The van der Waals surface area contributed by atoms with Gasteiger partial charge in [-0.3, -0.25) is 4.79 Å². The highest BCUT2D eigenvalue weighted by Crippen LogP contribution is 2.13. The molecule has 0 fully saturated rings. The summed E-state index contributed by atoms with van der Waals surface area (Å²) in [6, 6.07) is 9.32. The molecule has 6 nitrogen and oxygen atoms in total. The monoisotopic (exact) mass is 328 g/mol. The van der Waals surface area contributed by atoms with Crippen LogP contribution < -0.4 is 15.0 Å². The molecule has 1 aromatic heterocycles. The van der Waals surface area contributed by atoms with Gasteiger partial charge in [0, 0.05) is 25.7 Å². The molecule has 1 N–H and O–H groups in total. The van der Waals surface area contributed by atoms with E-state index >= 15 is 0 Å². The molecule has 1 aromatic carbocycles. The van der Waals surface area contributed by atoms with Gasteiger partial charge in [-0.25, -0.2) is 9.97 Å². The number of ether oxygens (including phenoxy) is 1. The third-order valence-corrected chi connectivity index (χ3v) is 3.76. The number of amides is 1.